The first-order valence-electron chi connectivity index (χ1n) is 8.89. The largest absolute Gasteiger partial charge is 0.506 e. The molecule has 0 radical (unpaired) electrons. The van der Waals surface area contributed by atoms with Crippen LogP contribution in [-0.4, -0.2) is 26.3 Å². The van der Waals surface area contributed by atoms with E-state index in [1.54, 1.807) is 24.3 Å². The summed E-state index contributed by atoms with van der Waals surface area (Å²) in [7, 11) is 0. The van der Waals surface area contributed by atoms with E-state index in [9.17, 15) is 9.90 Å². The van der Waals surface area contributed by atoms with Crippen molar-refractivity contribution in [1.82, 2.24) is 15.1 Å². The van der Waals surface area contributed by atoms with Gasteiger partial charge in [0.05, 0.1) is 11.6 Å². The average molecular weight is 377 g/mol. The zero-order chi connectivity index (χ0) is 19.8. The first-order chi connectivity index (χ1) is 13.4. The molecule has 0 saturated carbocycles. The number of hydrogen-bond acceptors (Lipinski definition) is 6. The number of benzene rings is 2. The Morgan fingerprint density at radius 1 is 1.14 bits per heavy atom. The highest BCUT2D eigenvalue weighted by molar-refractivity contribution is 5.90. The number of aromatic amines is 1. The Morgan fingerprint density at radius 3 is 2.61 bits per heavy atom. The van der Waals surface area contributed by atoms with E-state index in [4.69, 9.17) is 9.26 Å². The van der Waals surface area contributed by atoms with Crippen LogP contribution in [0.4, 0.5) is 0 Å². The lowest BCUT2D eigenvalue weighted by Crippen LogP contribution is -2.09. The molecule has 7 nitrogen and oxygen atoms in total. The topological polar surface area (TPSA) is 101 Å². The van der Waals surface area contributed by atoms with Crippen molar-refractivity contribution in [2.45, 2.75) is 26.9 Å². The molecule has 0 aliphatic carbocycles. The zero-order valence-corrected chi connectivity index (χ0v) is 15.7. The number of nitrogens with zero attached hydrogens (tertiary/aromatic N) is 2. The molecule has 0 atom stereocenters. The summed E-state index contributed by atoms with van der Waals surface area (Å²) in [6.45, 7) is 5.81. The van der Waals surface area contributed by atoms with Gasteiger partial charge in [0, 0.05) is 10.9 Å². The SMILES string of the molecule is Cc1ccc2[nH]c(=O)c(-c3nc(-c4ccc(OC(C)C)cc4)no3)c(O)c2c1. The molecule has 0 aliphatic heterocycles. The number of hydrogen-bond donors (Lipinski definition) is 2. The van der Waals surface area contributed by atoms with E-state index in [1.807, 2.05) is 39.0 Å². The highest BCUT2D eigenvalue weighted by Crippen LogP contribution is 2.32. The molecule has 2 N–H and O–H groups in total. The molecule has 28 heavy (non-hydrogen) atoms. The lowest BCUT2D eigenvalue weighted by atomic mass is 10.1. The van der Waals surface area contributed by atoms with Gasteiger partial charge in [-0.1, -0.05) is 16.8 Å². The van der Waals surface area contributed by atoms with Crippen molar-refractivity contribution in [3.8, 4) is 34.3 Å². The summed E-state index contributed by atoms with van der Waals surface area (Å²) in [5, 5.41) is 15.1. The van der Waals surface area contributed by atoms with E-state index in [-0.39, 0.29) is 23.3 Å². The quantitative estimate of drug-likeness (QED) is 0.556. The van der Waals surface area contributed by atoms with Gasteiger partial charge in [0.1, 0.15) is 17.1 Å². The highest BCUT2D eigenvalue weighted by Gasteiger charge is 2.20. The van der Waals surface area contributed by atoms with E-state index in [0.29, 0.717) is 22.3 Å². The van der Waals surface area contributed by atoms with Gasteiger partial charge in [0.2, 0.25) is 5.82 Å². The Morgan fingerprint density at radius 2 is 1.89 bits per heavy atom. The lowest BCUT2D eigenvalue weighted by molar-refractivity contribution is 0.242. The molecular formula is C21H19N3O4. The second kappa shape index (κ2) is 6.84. The fourth-order valence-corrected chi connectivity index (χ4v) is 2.99. The summed E-state index contributed by atoms with van der Waals surface area (Å²) >= 11 is 0. The molecule has 0 fully saturated rings. The summed E-state index contributed by atoms with van der Waals surface area (Å²) in [6.07, 6.45) is 0.0777. The minimum Gasteiger partial charge on any atom is -0.506 e. The molecule has 4 rings (SSSR count). The molecule has 0 saturated heterocycles. The lowest BCUT2D eigenvalue weighted by Gasteiger charge is -2.09. The Kier molecular flexibility index (Phi) is 4.35. The summed E-state index contributed by atoms with van der Waals surface area (Å²) < 4.78 is 10.9. The standard InChI is InChI=1S/C21H19N3O4/c1-11(2)27-14-7-5-13(6-8-14)19-23-21(28-24-19)17-18(25)15-10-12(3)4-9-16(15)22-20(17)26/h4-11H,1-3H3,(H2,22,25,26). The maximum atomic E-state index is 12.5. The van der Waals surface area contributed by atoms with E-state index in [0.717, 1.165) is 11.3 Å². The van der Waals surface area contributed by atoms with Gasteiger partial charge >= 0.3 is 0 Å². The van der Waals surface area contributed by atoms with Crippen molar-refractivity contribution in [1.29, 1.82) is 0 Å². The fraction of sp³-hybridized carbons (Fsp3) is 0.190. The Bertz CT molecular complexity index is 1210. The number of aromatic nitrogens is 3. The molecule has 142 valence electrons. The van der Waals surface area contributed by atoms with Crippen molar-refractivity contribution < 1.29 is 14.4 Å². The summed E-state index contributed by atoms with van der Waals surface area (Å²) in [5.74, 6) is 0.827. The van der Waals surface area contributed by atoms with Crippen LogP contribution in [0.5, 0.6) is 11.5 Å². The van der Waals surface area contributed by atoms with Crippen LogP contribution in [0.3, 0.4) is 0 Å². The average Bonchev–Trinajstić information content (AvgIpc) is 3.12. The van der Waals surface area contributed by atoms with E-state index >= 15 is 0 Å². The monoisotopic (exact) mass is 377 g/mol. The molecule has 0 amide bonds. The summed E-state index contributed by atoms with van der Waals surface area (Å²) in [6, 6.07) is 12.6. The number of nitrogens with one attached hydrogen (secondary N) is 1. The molecule has 4 aromatic rings. The third kappa shape index (κ3) is 3.22. The summed E-state index contributed by atoms with van der Waals surface area (Å²) in [5.41, 5.74) is 1.66. The van der Waals surface area contributed by atoms with Gasteiger partial charge in [-0.3, -0.25) is 4.79 Å². The Hall–Kier alpha value is -3.61. The van der Waals surface area contributed by atoms with Crippen molar-refractivity contribution in [3.05, 3.63) is 58.4 Å². The molecule has 2 heterocycles. The van der Waals surface area contributed by atoms with Gasteiger partial charge in [-0.05, 0) is 57.2 Å². The van der Waals surface area contributed by atoms with Crippen LogP contribution in [0.2, 0.25) is 0 Å². The van der Waals surface area contributed by atoms with Crippen LogP contribution in [0.25, 0.3) is 33.7 Å². The number of rotatable bonds is 4. The molecule has 2 aromatic carbocycles. The predicted octanol–water partition coefficient (Wildman–Crippen LogP) is 4.05. The maximum absolute atomic E-state index is 12.5. The van der Waals surface area contributed by atoms with Gasteiger partial charge in [0.25, 0.3) is 11.4 Å². The molecule has 2 aromatic heterocycles. The third-order valence-corrected chi connectivity index (χ3v) is 4.27. The number of pyridine rings is 1. The maximum Gasteiger partial charge on any atom is 0.267 e. The third-order valence-electron chi connectivity index (χ3n) is 4.27. The van der Waals surface area contributed by atoms with Gasteiger partial charge in [-0.15, -0.1) is 0 Å². The summed E-state index contributed by atoms with van der Waals surface area (Å²) in [4.78, 5) is 19.5. The normalized spacial score (nSPS) is 11.3. The number of aromatic hydroxyl groups is 1. The number of H-pyrrole nitrogens is 1. The molecule has 0 spiro atoms. The minimum atomic E-state index is -0.496. The van der Waals surface area contributed by atoms with Crippen LogP contribution in [-0.2, 0) is 0 Å². The van der Waals surface area contributed by atoms with Crippen LogP contribution in [0.1, 0.15) is 19.4 Å². The fourth-order valence-electron chi connectivity index (χ4n) is 2.99. The number of fused-ring (bicyclic) bond motifs is 1. The van der Waals surface area contributed by atoms with E-state index in [1.165, 1.54) is 0 Å². The van der Waals surface area contributed by atoms with Gasteiger partial charge in [0.15, 0.2) is 0 Å². The van der Waals surface area contributed by atoms with Crippen LogP contribution < -0.4 is 10.3 Å². The molecule has 0 bridgehead atoms. The van der Waals surface area contributed by atoms with Crippen LogP contribution in [0.15, 0.2) is 51.8 Å². The molecular weight excluding hydrogens is 358 g/mol. The van der Waals surface area contributed by atoms with Gasteiger partial charge in [-0.25, -0.2) is 0 Å². The zero-order valence-electron chi connectivity index (χ0n) is 15.7. The first kappa shape index (κ1) is 17.8. The Balaban J connectivity index is 1.74. The second-order valence-electron chi connectivity index (χ2n) is 6.84. The van der Waals surface area contributed by atoms with E-state index < -0.39 is 5.56 Å². The first-order valence-corrected chi connectivity index (χ1v) is 8.89. The van der Waals surface area contributed by atoms with Crippen molar-refractivity contribution in [2.24, 2.45) is 0 Å². The van der Waals surface area contributed by atoms with Crippen LogP contribution >= 0.6 is 0 Å². The van der Waals surface area contributed by atoms with Gasteiger partial charge < -0.3 is 19.4 Å². The number of ether oxygens (including phenoxy) is 1. The van der Waals surface area contributed by atoms with Gasteiger partial charge in [-0.2, -0.15) is 4.98 Å². The van der Waals surface area contributed by atoms with Crippen molar-refractivity contribution >= 4 is 10.9 Å². The van der Waals surface area contributed by atoms with Crippen LogP contribution in [0, 0.1) is 6.92 Å². The molecule has 7 heteroatoms. The minimum absolute atomic E-state index is 0.0420. The smallest absolute Gasteiger partial charge is 0.267 e. The van der Waals surface area contributed by atoms with Crippen molar-refractivity contribution in [2.75, 3.05) is 0 Å². The number of aryl methyl sites for hydroxylation is 1. The van der Waals surface area contributed by atoms with E-state index in [2.05, 4.69) is 15.1 Å². The molecule has 0 aliphatic rings. The highest BCUT2D eigenvalue weighted by atomic mass is 16.5. The second-order valence-corrected chi connectivity index (χ2v) is 6.84. The predicted molar refractivity (Wildman–Crippen MR) is 105 cm³/mol. The Labute approximate surface area is 160 Å². The molecule has 0 unspecified atom stereocenters. The van der Waals surface area contributed by atoms with Crippen molar-refractivity contribution in [3.63, 3.8) is 0 Å².